The third kappa shape index (κ3) is 4.62. The molecule has 2 amide bonds. The lowest BCUT2D eigenvalue weighted by molar-refractivity contribution is -0.141. The third-order valence-electron chi connectivity index (χ3n) is 5.41. The van der Waals surface area contributed by atoms with Crippen molar-refractivity contribution in [3.05, 3.63) is 41.1 Å². The summed E-state index contributed by atoms with van der Waals surface area (Å²) in [5.74, 6) is 0.0971. The van der Waals surface area contributed by atoms with E-state index < -0.39 is 6.04 Å². The molecule has 1 heterocycles. The van der Waals surface area contributed by atoms with Gasteiger partial charge in [0.1, 0.15) is 0 Å². The molecule has 2 aliphatic rings. The van der Waals surface area contributed by atoms with Crippen LogP contribution in [0.1, 0.15) is 50.6 Å². The van der Waals surface area contributed by atoms with E-state index in [-0.39, 0.29) is 12.0 Å². The number of benzene rings is 1. The SMILES string of the molecule is CC1=C(C(=O)OCC2CCCCC2)[C@H](c2ccc(N(C)C)cc2)NC(=O)N1. The fraction of sp³-hybridized carbons (Fsp3) is 0.524. The molecule has 1 saturated carbocycles. The zero-order valence-corrected chi connectivity index (χ0v) is 16.4. The number of rotatable bonds is 5. The van der Waals surface area contributed by atoms with Crippen molar-refractivity contribution in [1.29, 1.82) is 0 Å². The van der Waals surface area contributed by atoms with Crippen LogP contribution in [-0.4, -0.2) is 32.7 Å². The predicted molar refractivity (Wildman–Crippen MR) is 105 cm³/mol. The van der Waals surface area contributed by atoms with Crippen LogP contribution in [-0.2, 0) is 9.53 Å². The summed E-state index contributed by atoms with van der Waals surface area (Å²) >= 11 is 0. The third-order valence-corrected chi connectivity index (χ3v) is 5.41. The van der Waals surface area contributed by atoms with Crippen LogP contribution in [0.4, 0.5) is 10.5 Å². The van der Waals surface area contributed by atoms with E-state index in [9.17, 15) is 9.59 Å². The lowest BCUT2D eigenvalue weighted by Gasteiger charge is -2.29. The molecule has 0 spiro atoms. The van der Waals surface area contributed by atoms with Gasteiger partial charge in [0.25, 0.3) is 0 Å². The minimum atomic E-state index is -0.506. The molecule has 0 aromatic heterocycles. The van der Waals surface area contributed by atoms with Gasteiger partial charge in [0.05, 0.1) is 18.2 Å². The Bertz CT molecular complexity index is 719. The molecule has 1 aromatic carbocycles. The molecule has 1 aliphatic carbocycles. The van der Waals surface area contributed by atoms with Crippen molar-refractivity contribution >= 4 is 17.7 Å². The number of carbonyl (C=O) groups excluding carboxylic acids is 2. The molecule has 146 valence electrons. The average Bonchev–Trinajstić information content (AvgIpc) is 2.66. The van der Waals surface area contributed by atoms with Crippen molar-refractivity contribution in [3.8, 4) is 0 Å². The van der Waals surface area contributed by atoms with Crippen LogP contribution in [0.3, 0.4) is 0 Å². The van der Waals surface area contributed by atoms with Gasteiger partial charge in [-0.1, -0.05) is 31.4 Å². The second-order valence-corrected chi connectivity index (χ2v) is 7.66. The fourth-order valence-electron chi connectivity index (χ4n) is 3.80. The van der Waals surface area contributed by atoms with E-state index in [1.54, 1.807) is 6.92 Å². The molecule has 0 bridgehead atoms. The number of amides is 2. The first-order valence-electron chi connectivity index (χ1n) is 9.68. The fourth-order valence-corrected chi connectivity index (χ4v) is 3.80. The molecule has 1 fully saturated rings. The van der Waals surface area contributed by atoms with Gasteiger partial charge in [-0.05, 0) is 43.4 Å². The van der Waals surface area contributed by atoms with Gasteiger partial charge in [0.2, 0.25) is 0 Å². The van der Waals surface area contributed by atoms with Gasteiger partial charge in [-0.15, -0.1) is 0 Å². The molecule has 3 rings (SSSR count). The molecule has 0 radical (unpaired) electrons. The molecular weight excluding hydrogens is 342 g/mol. The van der Waals surface area contributed by atoms with Gasteiger partial charge < -0.3 is 20.3 Å². The monoisotopic (exact) mass is 371 g/mol. The largest absolute Gasteiger partial charge is 0.462 e. The first-order chi connectivity index (χ1) is 13.0. The lowest BCUT2D eigenvalue weighted by atomic mass is 9.90. The highest BCUT2D eigenvalue weighted by Gasteiger charge is 2.32. The van der Waals surface area contributed by atoms with Crippen LogP contribution in [0, 0.1) is 5.92 Å². The van der Waals surface area contributed by atoms with E-state index in [1.807, 2.05) is 43.3 Å². The van der Waals surface area contributed by atoms with Crippen LogP contribution >= 0.6 is 0 Å². The smallest absolute Gasteiger partial charge is 0.338 e. The number of hydrogen-bond acceptors (Lipinski definition) is 4. The summed E-state index contributed by atoms with van der Waals surface area (Å²) < 4.78 is 5.64. The molecule has 1 atom stereocenters. The maximum atomic E-state index is 12.8. The maximum Gasteiger partial charge on any atom is 0.338 e. The van der Waals surface area contributed by atoms with Gasteiger partial charge in [-0.3, -0.25) is 0 Å². The van der Waals surface area contributed by atoms with E-state index in [0.29, 0.717) is 23.8 Å². The van der Waals surface area contributed by atoms with Crippen molar-refractivity contribution in [2.45, 2.75) is 45.1 Å². The molecule has 6 nitrogen and oxygen atoms in total. The second kappa shape index (κ2) is 8.46. The predicted octanol–water partition coefficient (Wildman–Crippen LogP) is 3.50. The Morgan fingerprint density at radius 3 is 2.44 bits per heavy atom. The highest BCUT2D eigenvalue weighted by molar-refractivity contribution is 5.95. The first kappa shape index (κ1) is 19.3. The molecule has 0 saturated heterocycles. The number of nitrogens with zero attached hydrogens (tertiary/aromatic N) is 1. The normalized spacial score (nSPS) is 20.7. The number of ether oxygens (including phenoxy) is 1. The summed E-state index contributed by atoms with van der Waals surface area (Å²) in [6.45, 7) is 2.20. The van der Waals surface area contributed by atoms with E-state index in [2.05, 4.69) is 10.6 Å². The summed E-state index contributed by atoms with van der Waals surface area (Å²) in [4.78, 5) is 26.8. The minimum absolute atomic E-state index is 0.307. The van der Waals surface area contributed by atoms with E-state index in [1.165, 1.54) is 19.3 Å². The van der Waals surface area contributed by atoms with Crippen LogP contribution in [0.25, 0.3) is 0 Å². The van der Waals surface area contributed by atoms with E-state index >= 15 is 0 Å². The summed E-state index contributed by atoms with van der Waals surface area (Å²) in [5, 5.41) is 5.56. The van der Waals surface area contributed by atoms with Crippen molar-refractivity contribution in [3.63, 3.8) is 0 Å². The van der Waals surface area contributed by atoms with Crippen LogP contribution in [0.2, 0.25) is 0 Å². The second-order valence-electron chi connectivity index (χ2n) is 7.66. The van der Waals surface area contributed by atoms with Gasteiger partial charge in [0, 0.05) is 25.5 Å². The standard InChI is InChI=1S/C21H29N3O3/c1-14-18(20(25)27-13-15-7-5-4-6-8-15)19(23-21(26)22-14)16-9-11-17(12-10-16)24(2)3/h9-12,15,19H,4-8,13H2,1-3H3,(H2,22,23,26)/t19-/m0/s1. The Kier molecular flexibility index (Phi) is 6.04. The Hall–Kier alpha value is -2.50. The van der Waals surface area contributed by atoms with Crippen molar-refractivity contribution in [2.24, 2.45) is 5.92 Å². The number of anilines is 1. The first-order valence-corrected chi connectivity index (χ1v) is 9.68. The molecule has 0 unspecified atom stereocenters. The summed E-state index contributed by atoms with van der Waals surface area (Å²) in [6.07, 6.45) is 5.94. The molecule has 1 aliphatic heterocycles. The minimum Gasteiger partial charge on any atom is -0.462 e. The molecule has 6 heteroatoms. The Morgan fingerprint density at radius 1 is 1.15 bits per heavy atom. The van der Waals surface area contributed by atoms with Gasteiger partial charge >= 0.3 is 12.0 Å². The maximum absolute atomic E-state index is 12.8. The van der Waals surface area contributed by atoms with Gasteiger partial charge in [0.15, 0.2) is 0 Å². The molecule has 2 N–H and O–H groups in total. The Morgan fingerprint density at radius 2 is 1.81 bits per heavy atom. The quantitative estimate of drug-likeness (QED) is 0.777. The topological polar surface area (TPSA) is 70.7 Å². The summed E-state index contributed by atoms with van der Waals surface area (Å²) in [5.41, 5.74) is 2.94. The number of carbonyl (C=O) groups is 2. The zero-order valence-electron chi connectivity index (χ0n) is 16.4. The van der Waals surface area contributed by atoms with Crippen LogP contribution in [0.5, 0.6) is 0 Å². The van der Waals surface area contributed by atoms with Gasteiger partial charge in [-0.25, -0.2) is 9.59 Å². The number of hydrogen-bond donors (Lipinski definition) is 2. The number of nitrogens with one attached hydrogen (secondary N) is 2. The van der Waals surface area contributed by atoms with Crippen LogP contribution in [0.15, 0.2) is 35.5 Å². The highest BCUT2D eigenvalue weighted by Crippen LogP contribution is 2.30. The van der Waals surface area contributed by atoms with E-state index in [4.69, 9.17) is 4.74 Å². The Balaban J connectivity index is 1.77. The van der Waals surface area contributed by atoms with Crippen molar-refractivity contribution < 1.29 is 14.3 Å². The highest BCUT2D eigenvalue weighted by atomic mass is 16.5. The van der Waals surface area contributed by atoms with Crippen molar-refractivity contribution in [1.82, 2.24) is 10.6 Å². The number of allylic oxidation sites excluding steroid dienone is 1. The molecule has 27 heavy (non-hydrogen) atoms. The summed E-state index contributed by atoms with van der Waals surface area (Å²) in [7, 11) is 3.94. The van der Waals surface area contributed by atoms with Gasteiger partial charge in [-0.2, -0.15) is 0 Å². The van der Waals surface area contributed by atoms with Crippen LogP contribution < -0.4 is 15.5 Å². The Labute approximate surface area is 161 Å². The molecular formula is C21H29N3O3. The van der Waals surface area contributed by atoms with E-state index in [0.717, 1.165) is 24.1 Å². The number of esters is 1. The zero-order chi connectivity index (χ0) is 19.4. The van der Waals surface area contributed by atoms with Crippen molar-refractivity contribution in [2.75, 3.05) is 25.6 Å². The lowest BCUT2D eigenvalue weighted by Crippen LogP contribution is -2.45. The average molecular weight is 371 g/mol. The molecule has 1 aromatic rings. The number of urea groups is 1. The summed E-state index contributed by atoms with van der Waals surface area (Å²) in [6, 6.07) is 7.01.